The van der Waals surface area contributed by atoms with Gasteiger partial charge in [-0.1, -0.05) is 30.5 Å². The molecule has 1 unspecified atom stereocenters. The van der Waals surface area contributed by atoms with Gasteiger partial charge in [-0.05, 0) is 30.9 Å². The Morgan fingerprint density at radius 2 is 2.21 bits per heavy atom. The lowest BCUT2D eigenvalue weighted by Crippen LogP contribution is -2.25. The molecule has 2 aromatic rings. The van der Waals surface area contributed by atoms with Crippen LogP contribution in [0.2, 0.25) is 0 Å². The number of nitrogens with zero attached hydrogens (tertiary/aromatic N) is 5. The molecule has 0 aliphatic rings. The van der Waals surface area contributed by atoms with E-state index in [1.807, 2.05) is 10.9 Å². The summed E-state index contributed by atoms with van der Waals surface area (Å²) in [5.41, 5.74) is 2.14. The van der Waals surface area contributed by atoms with Gasteiger partial charge in [0.25, 0.3) is 0 Å². The minimum atomic E-state index is 0.0847. The Kier molecular flexibility index (Phi) is 4.98. The molecule has 2 aromatic heterocycles. The topological polar surface area (TPSA) is 68.5 Å². The van der Waals surface area contributed by atoms with Gasteiger partial charge in [0, 0.05) is 6.54 Å². The van der Waals surface area contributed by atoms with Gasteiger partial charge in [0.2, 0.25) is 0 Å². The Bertz CT molecular complexity index is 506. The Hall–Kier alpha value is -1.34. The molecule has 6 nitrogen and oxygen atoms in total. The van der Waals surface area contributed by atoms with Gasteiger partial charge >= 0.3 is 0 Å². The van der Waals surface area contributed by atoms with E-state index in [9.17, 15) is 0 Å². The highest BCUT2D eigenvalue weighted by molar-refractivity contribution is 7.05. The number of nitrogens with one attached hydrogen (secondary N) is 1. The molecular formula is C12H20N6S. The Balaban J connectivity index is 2.36. The molecule has 1 atom stereocenters. The summed E-state index contributed by atoms with van der Waals surface area (Å²) in [6.07, 6.45) is 3.77. The molecule has 0 aliphatic carbocycles. The van der Waals surface area contributed by atoms with Crippen molar-refractivity contribution in [2.24, 2.45) is 0 Å². The molecule has 0 saturated carbocycles. The standard InChI is InChI=1S/C12H20N6S/c1-4-7-18-10(8-14-16-18)11(13-6-3)12-9(5-2)15-17-19-12/h8,11,13H,4-7H2,1-3H3. The average Bonchev–Trinajstić information content (AvgIpc) is 3.05. The van der Waals surface area contributed by atoms with Crippen LogP contribution in [0.15, 0.2) is 6.20 Å². The van der Waals surface area contributed by atoms with Gasteiger partial charge < -0.3 is 5.32 Å². The molecular weight excluding hydrogens is 260 g/mol. The first-order valence-electron chi connectivity index (χ1n) is 6.74. The van der Waals surface area contributed by atoms with Crippen LogP contribution in [0.5, 0.6) is 0 Å². The molecule has 0 radical (unpaired) electrons. The third kappa shape index (κ3) is 2.98. The lowest BCUT2D eigenvalue weighted by Gasteiger charge is -2.17. The van der Waals surface area contributed by atoms with Gasteiger partial charge in [0.1, 0.15) is 0 Å². The molecule has 0 amide bonds. The van der Waals surface area contributed by atoms with Gasteiger partial charge in [0.05, 0.1) is 28.5 Å². The molecule has 2 rings (SSSR count). The van der Waals surface area contributed by atoms with Crippen molar-refractivity contribution < 1.29 is 0 Å². The predicted octanol–water partition coefficient (Wildman–Crippen LogP) is 1.80. The third-order valence-electron chi connectivity index (χ3n) is 2.97. The number of hydrogen-bond donors (Lipinski definition) is 1. The minimum absolute atomic E-state index is 0.0847. The maximum atomic E-state index is 4.20. The highest BCUT2D eigenvalue weighted by Crippen LogP contribution is 2.26. The lowest BCUT2D eigenvalue weighted by molar-refractivity contribution is 0.513. The van der Waals surface area contributed by atoms with E-state index >= 15 is 0 Å². The molecule has 1 N–H and O–H groups in total. The van der Waals surface area contributed by atoms with Crippen molar-refractivity contribution in [1.29, 1.82) is 0 Å². The van der Waals surface area contributed by atoms with Gasteiger partial charge in [-0.3, -0.25) is 0 Å². The van der Waals surface area contributed by atoms with E-state index in [0.717, 1.165) is 37.3 Å². The lowest BCUT2D eigenvalue weighted by atomic mass is 10.1. The van der Waals surface area contributed by atoms with Crippen LogP contribution in [0.4, 0.5) is 0 Å². The van der Waals surface area contributed by atoms with E-state index in [-0.39, 0.29) is 6.04 Å². The zero-order valence-corrected chi connectivity index (χ0v) is 12.4. The molecule has 0 aliphatic heterocycles. The van der Waals surface area contributed by atoms with E-state index in [4.69, 9.17) is 0 Å². The molecule has 0 bridgehead atoms. The zero-order valence-electron chi connectivity index (χ0n) is 11.6. The van der Waals surface area contributed by atoms with Crippen LogP contribution in [0.3, 0.4) is 0 Å². The van der Waals surface area contributed by atoms with Crippen LogP contribution in [-0.2, 0) is 13.0 Å². The average molecular weight is 280 g/mol. The molecule has 104 valence electrons. The fourth-order valence-corrected chi connectivity index (χ4v) is 2.92. The van der Waals surface area contributed by atoms with Crippen molar-refractivity contribution in [3.8, 4) is 0 Å². The summed E-state index contributed by atoms with van der Waals surface area (Å²) in [6.45, 7) is 8.10. The molecule has 0 spiro atoms. The first-order valence-corrected chi connectivity index (χ1v) is 7.51. The SMILES string of the molecule is CCCn1nncc1C(NCC)c1snnc1CC. The summed E-state index contributed by atoms with van der Waals surface area (Å²) < 4.78 is 6.05. The molecule has 0 aromatic carbocycles. The maximum Gasteiger partial charge on any atom is 0.0893 e. The smallest absolute Gasteiger partial charge is 0.0893 e. The number of hydrogen-bond acceptors (Lipinski definition) is 6. The predicted molar refractivity (Wildman–Crippen MR) is 75.1 cm³/mol. The highest BCUT2D eigenvalue weighted by atomic mass is 32.1. The largest absolute Gasteiger partial charge is 0.304 e. The van der Waals surface area contributed by atoms with Crippen molar-refractivity contribution in [1.82, 2.24) is 29.9 Å². The summed E-state index contributed by atoms with van der Waals surface area (Å²) >= 11 is 1.45. The van der Waals surface area contributed by atoms with Gasteiger partial charge in [-0.2, -0.15) is 0 Å². The quantitative estimate of drug-likeness (QED) is 0.837. The third-order valence-corrected chi connectivity index (χ3v) is 3.80. The summed E-state index contributed by atoms with van der Waals surface area (Å²) in [6, 6.07) is 0.0847. The van der Waals surface area contributed by atoms with Gasteiger partial charge in [-0.15, -0.1) is 10.2 Å². The van der Waals surface area contributed by atoms with Crippen molar-refractivity contribution in [2.75, 3.05) is 6.54 Å². The van der Waals surface area contributed by atoms with Gasteiger partial charge in [0.15, 0.2) is 0 Å². The van der Waals surface area contributed by atoms with Gasteiger partial charge in [-0.25, -0.2) is 4.68 Å². The Morgan fingerprint density at radius 3 is 2.89 bits per heavy atom. The molecule has 7 heteroatoms. The highest BCUT2D eigenvalue weighted by Gasteiger charge is 2.23. The van der Waals surface area contributed by atoms with E-state index in [1.54, 1.807) is 0 Å². The molecule has 2 heterocycles. The zero-order chi connectivity index (χ0) is 13.7. The monoisotopic (exact) mass is 280 g/mol. The van der Waals surface area contributed by atoms with Crippen molar-refractivity contribution >= 4 is 11.5 Å². The number of rotatable bonds is 7. The van der Waals surface area contributed by atoms with Crippen molar-refractivity contribution in [3.63, 3.8) is 0 Å². The number of aromatic nitrogens is 5. The first kappa shape index (κ1) is 14.1. The number of aryl methyl sites for hydroxylation is 2. The normalized spacial score (nSPS) is 12.8. The summed E-state index contributed by atoms with van der Waals surface area (Å²) in [7, 11) is 0. The van der Waals surface area contributed by atoms with Crippen molar-refractivity contribution in [3.05, 3.63) is 22.5 Å². The molecule has 0 fully saturated rings. The van der Waals surface area contributed by atoms with E-state index in [2.05, 4.69) is 46.0 Å². The summed E-state index contributed by atoms with van der Waals surface area (Å²) in [4.78, 5) is 1.17. The maximum absolute atomic E-state index is 4.20. The van der Waals surface area contributed by atoms with Crippen LogP contribution in [0.1, 0.15) is 49.5 Å². The molecule has 0 saturated heterocycles. The van der Waals surface area contributed by atoms with Crippen LogP contribution < -0.4 is 5.32 Å². The van der Waals surface area contributed by atoms with Crippen LogP contribution in [0.25, 0.3) is 0 Å². The fourth-order valence-electron chi connectivity index (χ4n) is 2.09. The van der Waals surface area contributed by atoms with Crippen LogP contribution in [0, 0.1) is 0 Å². The second kappa shape index (κ2) is 6.72. The minimum Gasteiger partial charge on any atom is -0.304 e. The van der Waals surface area contributed by atoms with Crippen LogP contribution >= 0.6 is 11.5 Å². The Labute approximate surface area is 117 Å². The van der Waals surface area contributed by atoms with E-state index < -0.39 is 0 Å². The van der Waals surface area contributed by atoms with E-state index in [1.165, 1.54) is 16.4 Å². The summed E-state index contributed by atoms with van der Waals surface area (Å²) in [5, 5.41) is 15.9. The second-order valence-electron chi connectivity index (χ2n) is 4.31. The molecule has 19 heavy (non-hydrogen) atoms. The fraction of sp³-hybridized carbons (Fsp3) is 0.667. The van der Waals surface area contributed by atoms with Crippen LogP contribution in [-0.4, -0.2) is 31.1 Å². The first-order chi connectivity index (χ1) is 9.31. The second-order valence-corrected chi connectivity index (χ2v) is 5.10. The van der Waals surface area contributed by atoms with E-state index in [0.29, 0.717) is 0 Å². The van der Waals surface area contributed by atoms with Crippen molar-refractivity contribution in [2.45, 2.75) is 46.2 Å². The Morgan fingerprint density at radius 1 is 1.37 bits per heavy atom. The summed E-state index contributed by atoms with van der Waals surface area (Å²) in [5.74, 6) is 0.